The van der Waals surface area contributed by atoms with Crippen molar-refractivity contribution in [3.05, 3.63) is 105 Å². The first-order valence-electron chi connectivity index (χ1n) is 10.4. The largest absolute Gasteiger partial charge is 0.427 e. The molecular weight excluding hydrogens is 416 g/mol. The zero-order valence-corrected chi connectivity index (χ0v) is 18.5. The molecule has 0 bridgehead atoms. The quantitative estimate of drug-likeness (QED) is 0.259. The van der Waals surface area contributed by atoms with E-state index in [4.69, 9.17) is 4.74 Å². The summed E-state index contributed by atoms with van der Waals surface area (Å²) >= 11 is 0. The number of ketones is 1. The van der Waals surface area contributed by atoms with Crippen LogP contribution >= 0.6 is 0 Å². The summed E-state index contributed by atoms with van der Waals surface area (Å²) in [4.78, 5) is 41.1. The van der Waals surface area contributed by atoms with E-state index >= 15 is 0 Å². The maximum atomic E-state index is 12.7. The highest BCUT2D eigenvalue weighted by molar-refractivity contribution is 6.09. The van der Waals surface area contributed by atoms with Crippen LogP contribution in [-0.4, -0.2) is 21.3 Å². The molecule has 0 unspecified atom stereocenters. The summed E-state index contributed by atoms with van der Waals surface area (Å²) in [5.74, 6) is 0.401. The van der Waals surface area contributed by atoms with Crippen molar-refractivity contribution in [2.45, 2.75) is 13.8 Å². The van der Waals surface area contributed by atoms with E-state index in [0.717, 1.165) is 11.1 Å². The maximum Gasteiger partial charge on any atom is 0.308 e. The Bertz CT molecular complexity index is 1450. The van der Waals surface area contributed by atoms with E-state index in [1.807, 2.05) is 43.3 Å². The molecule has 6 heteroatoms. The Hall–Kier alpha value is -4.32. The van der Waals surface area contributed by atoms with Crippen LogP contribution in [0.15, 0.2) is 71.5 Å². The molecular formula is C27H22N2O4. The van der Waals surface area contributed by atoms with Gasteiger partial charge in [0.1, 0.15) is 11.6 Å². The predicted molar refractivity (Wildman–Crippen MR) is 128 cm³/mol. The molecule has 164 valence electrons. The molecule has 0 fully saturated rings. The van der Waals surface area contributed by atoms with Crippen molar-refractivity contribution >= 4 is 34.8 Å². The van der Waals surface area contributed by atoms with E-state index in [1.165, 1.54) is 11.5 Å². The SMILES string of the molecule is CC(=O)Oc1ccc(C(=O)c2ccc(C=Cc3nc4cccc(C)c4c(=O)n3C)cc2)cc1. The third-order valence-corrected chi connectivity index (χ3v) is 5.32. The normalized spacial score (nSPS) is 11.1. The first-order valence-corrected chi connectivity index (χ1v) is 10.4. The molecule has 6 nitrogen and oxygen atoms in total. The van der Waals surface area contributed by atoms with Crippen molar-refractivity contribution in [3.8, 4) is 5.75 Å². The smallest absolute Gasteiger partial charge is 0.308 e. The van der Waals surface area contributed by atoms with Gasteiger partial charge in [-0.3, -0.25) is 19.0 Å². The van der Waals surface area contributed by atoms with Gasteiger partial charge in [0.15, 0.2) is 5.78 Å². The van der Waals surface area contributed by atoms with Crippen molar-refractivity contribution in [1.29, 1.82) is 0 Å². The summed E-state index contributed by atoms with van der Waals surface area (Å²) < 4.78 is 6.53. The van der Waals surface area contributed by atoms with E-state index in [1.54, 1.807) is 49.5 Å². The van der Waals surface area contributed by atoms with Crippen LogP contribution in [0.1, 0.15) is 39.8 Å². The van der Waals surface area contributed by atoms with E-state index in [-0.39, 0.29) is 11.3 Å². The minimum Gasteiger partial charge on any atom is -0.427 e. The summed E-state index contributed by atoms with van der Waals surface area (Å²) in [5.41, 5.74) is 3.39. The lowest BCUT2D eigenvalue weighted by Crippen LogP contribution is -2.21. The lowest BCUT2D eigenvalue weighted by Gasteiger charge is -2.07. The van der Waals surface area contributed by atoms with Crippen LogP contribution in [0.5, 0.6) is 5.75 Å². The average molecular weight is 438 g/mol. The minimum atomic E-state index is -0.410. The van der Waals surface area contributed by atoms with Crippen LogP contribution in [0.2, 0.25) is 0 Å². The standard InChI is InChI=1S/C27H22N2O4/c1-17-5-4-6-23-25(17)27(32)29(3)24(28-23)16-9-19-7-10-20(11-8-19)26(31)21-12-14-22(15-13-21)33-18(2)30/h4-16H,1-3H3. The molecule has 0 aliphatic carbocycles. The molecule has 0 saturated heterocycles. The van der Waals surface area contributed by atoms with Gasteiger partial charge < -0.3 is 4.74 Å². The second-order valence-electron chi connectivity index (χ2n) is 7.71. The monoisotopic (exact) mass is 438 g/mol. The molecule has 4 aromatic rings. The second kappa shape index (κ2) is 9.04. The lowest BCUT2D eigenvalue weighted by atomic mass is 10.0. The highest BCUT2D eigenvalue weighted by Crippen LogP contribution is 2.18. The first-order chi connectivity index (χ1) is 15.8. The van der Waals surface area contributed by atoms with E-state index in [9.17, 15) is 14.4 Å². The number of fused-ring (bicyclic) bond motifs is 1. The zero-order valence-electron chi connectivity index (χ0n) is 18.5. The van der Waals surface area contributed by atoms with Crippen LogP contribution in [0, 0.1) is 6.92 Å². The van der Waals surface area contributed by atoms with E-state index in [2.05, 4.69) is 4.98 Å². The number of hydrogen-bond acceptors (Lipinski definition) is 5. The predicted octanol–water partition coefficient (Wildman–Crippen LogP) is 4.57. The van der Waals surface area contributed by atoms with Crippen molar-refractivity contribution in [3.63, 3.8) is 0 Å². The van der Waals surface area contributed by atoms with Gasteiger partial charge in [0, 0.05) is 25.1 Å². The molecule has 0 aliphatic rings. The number of esters is 1. The molecule has 0 amide bonds. The van der Waals surface area contributed by atoms with E-state index in [0.29, 0.717) is 33.6 Å². The van der Waals surface area contributed by atoms with Gasteiger partial charge in [0.05, 0.1) is 10.9 Å². The number of aromatic nitrogens is 2. The Labute approximate surface area is 190 Å². The number of nitrogens with zero attached hydrogens (tertiary/aromatic N) is 2. The average Bonchev–Trinajstić information content (AvgIpc) is 2.80. The molecule has 0 N–H and O–H groups in total. The molecule has 1 aromatic heterocycles. The number of aryl methyl sites for hydroxylation is 1. The molecule has 0 spiro atoms. The highest BCUT2D eigenvalue weighted by atomic mass is 16.5. The molecule has 33 heavy (non-hydrogen) atoms. The number of rotatable bonds is 5. The summed E-state index contributed by atoms with van der Waals surface area (Å²) in [6.45, 7) is 3.23. The Morgan fingerprint density at radius 2 is 1.55 bits per heavy atom. The summed E-state index contributed by atoms with van der Waals surface area (Å²) in [6.07, 6.45) is 3.64. The Kier molecular flexibility index (Phi) is 6.00. The van der Waals surface area contributed by atoms with Crippen molar-refractivity contribution in [2.24, 2.45) is 7.05 Å². The topological polar surface area (TPSA) is 78.3 Å². The van der Waals surface area contributed by atoms with Gasteiger partial charge in [0.2, 0.25) is 0 Å². The molecule has 0 radical (unpaired) electrons. The van der Waals surface area contributed by atoms with Crippen molar-refractivity contribution in [1.82, 2.24) is 9.55 Å². The van der Waals surface area contributed by atoms with E-state index < -0.39 is 5.97 Å². The van der Waals surface area contributed by atoms with Crippen LogP contribution in [0.25, 0.3) is 23.1 Å². The summed E-state index contributed by atoms with van der Waals surface area (Å²) in [6, 6.07) is 19.2. The lowest BCUT2D eigenvalue weighted by molar-refractivity contribution is -0.131. The van der Waals surface area contributed by atoms with Gasteiger partial charge in [0.25, 0.3) is 5.56 Å². The van der Waals surface area contributed by atoms with Crippen LogP contribution in [-0.2, 0) is 11.8 Å². The third-order valence-electron chi connectivity index (χ3n) is 5.32. The van der Waals surface area contributed by atoms with Crippen LogP contribution in [0.4, 0.5) is 0 Å². The molecule has 0 aliphatic heterocycles. The fourth-order valence-electron chi connectivity index (χ4n) is 3.57. The Morgan fingerprint density at radius 3 is 2.18 bits per heavy atom. The fourth-order valence-corrected chi connectivity index (χ4v) is 3.57. The van der Waals surface area contributed by atoms with Crippen molar-refractivity contribution in [2.75, 3.05) is 0 Å². The molecule has 1 heterocycles. The number of benzene rings is 3. The number of ether oxygens (including phenoxy) is 1. The summed E-state index contributed by atoms with van der Waals surface area (Å²) in [7, 11) is 1.70. The van der Waals surface area contributed by atoms with Crippen LogP contribution in [0.3, 0.4) is 0 Å². The van der Waals surface area contributed by atoms with Gasteiger partial charge in [-0.05, 0) is 54.5 Å². The maximum absolute atomic E-state index is 12.7. The van der Waals surface area contributed by atoms with Gasteiger partial charge in [-0.2, -0.15) is 0 Å². The zero-order chi connectivity index (χ0) is 23.5. The van der Waals surface area contributed by atoms with Gasteiger partial charge >= 0.3 is 5.97 Å². The fraction of sp³-hybridized carbons (Fsp3) is 0.111. The molecule has 3 aromatic carbocycles. The second-order valence-corrected chi connectivity index (χ2v) is 7.71. The summed E-state index contributed by atoms with van der Waals surface area (Å²) in [5, 5.41) is 0.626. The van der Waals surface area contributed by atoms with Gasteiger partial charge in [-0.25, -0.2) is 4.98 Å². The highest BCUT2D eigenvalue weighted by Gasteiger charge is 2.10. The first kappa shape index (κ1) is 21.9. The molecule has 0 saturated carbocycles. The Morgan fingerprint density at radius 1 is 0.909 bits per heavy atom. The minimum absolute atomic E-state index is 0.0848. The molecule has 0 atom stereocenters. The van der Waals surface area contributed by atoms with Gasteiger partial charge in [-0.1, -0.05) is 42.5 Å². The number of hydrogen-bond donors (Lipinski definition) is 0. The van der Waals surface area contributed by atoms with Gasteiger partial charge in [-0.15, -0.1) is 0 Å². The van der Waals surface area contributed by atoms with Crippen LogP contribution < -0.4 is 10.3 Å². The number of carbonyl (C=O) groups is 2. The van der Waals surface area contributed by atoms with Crippen molar-refractivity contribution < 1.29 is 14.3 Å². The Balaban J connectivity index is 1.54. The number of carbonyl (C=O) groups excluding carboxylic acids is 2. The third kappa shape index (κ3) is 4.65. The molecule has 4 rings (SSSR count).